The molecule has 0 fully saturated rings. The number of benzene rings is 1. The summed E-state index contributed by atoms with van der Waals surface area (Å²) in [6.45, 7) is 1.57. The molecule has 0 N–H and O–H groups in total. The van der Waals surface area contributed by atoms with Crippen molar-refractivity contribution >= 4 is 31.9 Å². The maximum Gasteiger partial charge on any atom is 0.141 e. The molecule has 0 unspecified atom stereocenters. The third-order valence-electron chi connectivity index (χ3n) is 1.34. The van der Waals surface area contributed by atoms with Crippen LogP contribution < -0.4 is 0 Å². The Morgan fingerprint density at radius 3 is 2.18 bits per heavy atom. The highest BCUT2D eigenvalue weighted by Gasteiger charge is 2.10. The van der Waals surface area contributed by atoms with Gasteiger partial charge in [0, 0.05) is 16.1 Å². The highest BCUT2D eigenvalue weighted by Crippen LogP contribution is 2.30. The SMILES string of the molecule is Cc1c(F)cc(F)c(Br)c1Br. The molecule has 0 atom stereocenters. The lowest BCUT2D eigenvalue weighted by Crippen LogP contribution is -1.89. The fraction of sp³-hybridized carbons (Fsp3) is 0.143. The van der Waals surface area contributed by atoms with E-state index in [2.05, 4.69) is 31.9 Å². The molecule has 11 heavy (non-hydrogen) atoms. The van der Waals surface area contributed by atoms with Crippen molar-refractivity contribution in [1.29, 1.82) is 0 Å². The van der Waals surface area contributed by atoms with Crippen LogP contribution >= 0.6 is 31.9 Å². The predicted octanol–water partition coefficient (Wildman–Crippen LogP) is 3.80. The highest BCUT2D eigenvalue weighted by molar-refractivity contribution is 9.13. The number of hydrogen-bond acceptors (Lipinski definition) is 0. The van der Waals surface area contributed by atoms with Crippen molar-refractivity contribution in [3.8, 4) is 0 Å². The molecule has 0 spiro atoms. The summed E-state index contributed by atoms with van der Waals surface area (Å²) in [7, 11) is 0. The number of rotatable bonds is 0. The second-order valence-electron chi connectivity index (χ2n) is 2.09. The molecule has 0 aromatic heterocycles. The van der Waals surface area contributed by atoms with Crippen LogP contribution in [0.1, 0.15) is 5.56 Å². The second kappa shape index (κ2) is 3.19. The Kier molecular flexibility index (Phi) is 2.65. The van der Waals surface area contributed by atoms with Crippen molar-refractivity contribution in [1.82, 2.24) is 0 Å². The summed E-state index contributed by atoms with van der Waals surface area (Å²) < 4.78 is 26.1. The zero-order chi connectivity index (χ0) is 8.59. The largest absolute Gasteiger partial charge is 0.207 e. The quantitative estimate of drug-likeness (QED) is 0.502. The fourth-order valence-corrected chi connectivity index (χ4v) is 1.45. The summed E-state index contributed by atoms with van der Waals surface area (Å²) in [5, 5.41) is 0. The van der Waals surface area contributed by atoms with Crippen LogP contribution in [0.2, 0.25) is 0 Å². The van der Waals surface area contributed by atoms with Gasteiger partial charge >= 0.3 is 0 Å². The minimum absolute atomic E-state index is 0.261. The van der Waals surface area contributed by atoms with Gasteiger partial charge in [-0.3, -0.25) is 0 Å². The van der Waals surface area contributed by atoms with E-state index in [1.165, 1.54) is 0 Å². The number of hydrogen-bond donors (Lipinski definition) is 0. The van der Waals surface area contributed by atoms with E-state index in [4.69, 9.17) is 0 Å². The highest BCUT2D eigenvalue weighted by atomic mass is 79.9. The summed E-state index contributed by atoms with van der Waals surface area (Å²) in [5.41, 5.74) is 0.401. The Balaban J connectivity index is 3.46. The molecule has 1 rings (SSSR count). The van der Waals surface area contributed by atoms with Gasteiger partial charge in [0.1, 0.15) is 11.6 Å². The van der Waals surface area contributed by atoms with Crippen molar-refractivity contribution in [2.45, 2.75) is 6.92 Å². The van der Waals surface area contributed by atoms with Gasteiger partial charge in [-0.1, -0.05) is 0 Å². The normalized spacial score (nSPS) is 10.3. The van der Waals surface area contributed by atoms with Crippen LogP contribution in [0.25, 0.3) is 0 Å². The molecule has 0 saturated heterocycles. The first-order valence-corrected chi connectivity index (χ1v) is 4.42. The Hall–Kier alpha value is 0.0400. The van der Waals surface area contributed by atoms with Crippen molar-refractivity contribution in [3.05, 3.63) is 32.2 Å². The molecule has 1 aromatic rings. The van der Waals surface area contributed by atoms with Crippen LogP contribution in [0.15, 0.2) is 15.0 Å². The molecule has 0 aliphatic carbocycles. The molecular formula is C7H4Br2F2. The van der Waals surface area contributed by atoms with Gasteiger partial charge in [0.15, 0.2) is 0 Å². The minimum Gasteiger partial charge on any atom is -0.207 e. The Morgan fingerprint density at radius 1 is 1.09 bits per heavy atom. The van der Waals surface area contributed by atoms with E-state index in [1.807, 2.05) is 0 Å². The van der Waals surface area contributed by atoms with E-state index < -0.39 is 11.6 Å². The molecule has 0 amide bonds. The molecule has 0 heterocycles. The predicted molar refractivity (Wildman–Crippen MR) is 46.5 cm³/mol. The van der Waals surface area contributed by atoms with Crippen molar-refractivity contribution in [2.75, 3.05) is 0 Å². The van der Waals surface area contributed by atoms with Crippen LogP contribution in [0.3, 0.4) is 0 Å². The van der Waals surface area contributed by atoms with E-state index in [9.17, 15) is 8.78 Å². The maximum atomic E-state index is 12.7. The van der Waals surface area contributed by atoms with Gasteiger partial charge < -0.3 is 0 Å². The van der Waals surface area contributed by atoms with Gasteiger partial charge in [-0.15, -0.1) is 0 Å². The lowest BCUT2D eigenvalue weighted by molar-refractivity contribution is 0.571. The molecule has 0 aliphatic heterocycles. The third-order valence-corrected chi connectivity index (χ3v) is 3.64. The van der Waals surface area contributed by atoms with Gasteiger partial charge in [-0.2, -0.15) is 0 Å². The van der Waals surface area contributed by atoms with Gasteiger partial charge in [0.25, 0.3) is 0 Å². The molecule has 1 aromatic carbocycles. The average molecular weight is 286 g/mol. The van der Waals surface area contributed by atoms with E-state index in [0.717, 1.165) is 6.07 Å². The summed E-state index contributed by atoms with van der Waals surface area (Å²) in [5.74, 6) is -1.14. The number of halogens is 4. The monoisotopic (exact) mass is 284 g/mol. The lowest BCUT2D eigenvalue weighted by atomic mass is 10.2. The third kappa shape index (κ3) is 1.62. The maximum absolute atomic E-state index is 12.7. The van der Waals surface area contributed by atoms with Crippen molar-refractivity contribution in [3.63, 3.8) is 0 Å². The van der Waals surface area contributed by atoms with E-state index >= 15 is 0 Å². The van der Waals surface area contributed by atoms with Crippen molar-refractivity contribution in [2.24, 2.45) is 0 Å². The molecule has 0 nitrogen and oxygen atoms in total. The Bertz CT molecular complexity index is 271. The van der Waals surface area contributed by atoms with Crippen LogP contribution in [0.5, 0.6) is 0 Å². The first kappa shape index (κ1) is 9.13. The summed E-state index contributed by atoms with van der Waals surface area (Å²) in [6.07, 6.45) is 0. The van der Waals surface area contributed by atoms with Gasteiger partial charge in [-0.05, 0) is 38.8 Å². The average Bonchev–Trinajstić information content (AvgIpc) is 1.97. The Labute approximate surface area is 79.9 Å². The Morgan fingerprint density at radius 2 is 1.64 bits per heavy atom. The topological polar surface area (TPSA) is 0 Å². The molecule has 60 valence electrons. The first-order valence-electron chi connectivity index (χ1n) is 2.83. The minimum atomic E-state index is -0.597. The summed E-state index contributed by atoms with van der Waals surface area (Å²) in [4.78, 5) is 0. The van der Waals surface area contributed by atoms with Crippen molar-refractivity contribution < 1.29 is 8.78 Å². The summed E-state index contributed by atoms with van der Waals surface area (Å²) in [6, 6.07) is 0.851. The first-order chi connectivity index (χ1) is 5.04. The van der Waals surface area contributed by atoms with Gasteiger partial charge in [-0.25, -0.2) is 8.78 Å². The standard InChI is InChI=1S/C7H4Br2F2/c1-3-4(10)2-5(11)7(9)6(3)8/h2H,1H3. The van der Waals surface area contributed by atoms with Crippen LogP contribution in [0.4, 0.5) is 8.78 Å². The molecule has 0 aliphatic rings. The van der Waals surface area contributed by atoms with E-state index in [1.54, 1.807) is 6.92 Å². The van der Waals surface area contributed by atoms with Gasteiger partial charge in [0.05, 0.1) is 4.47 Å². The van der Waals surface area contributed by atoms with Crippen LogP contribution in [-0.4, -0.2) is 0 Å². The van der Waals surface area contributed by atoms with E-state index in [0.29, 0.717) is 10.0 Å². The van der Waals surface area contributed by atoms with Crippen LogP contribution in [-0.2, 0) is 0 Å². The smallest absolute Gasteiger partial charge is 0.141 e. The lowest BCUT2D eigenvalue weighted by Gasteiger charge is -2.02. The fourth-order valence-electron chi connectivity index (χ4n) is 0.657. The van der Waals surface area contributed by atoms with Crippen LogP contribution in [0, 0.1) is 18.6 Å². The molecule has 0 saturated carbocycles. The van der Waals surface area contributed by atoms with Gasteiger partial charge in [0.2, 0.25) is 0 Å². The van der Waals surface area contributed by atoms with E-state index in [-0.39, 0.29) is 4.47 Å². The molecular weight excluding hydrogens is 282 g/mol. The molecule has 0 bridgehead atoms. The second-order valence-corrected chi connectivity index (χ2v) is 3.68. The summed E-state index contributed by atoms with van der Waals surface area (Å²) >= 11 is 6.03. The molecule has 0 radical (unpaired) electrons. The zero-order valence-electron chi connectivity index (χ0n) is 5.59. The molecule has 4 heteroatoms. The zero-order valence-corrected chi connectivity index (χ0v) is 8.76.